The summed E-state index contributed by atoms with van der Waals surface area (Å²) >= 11 is 0. The molecule has 0 aromatic heterocycles. The molecule has 0 bridgehead atoms. The van der Waals surface area contributed by atoms with Crippen LogP contribution in [0.2, 0.25) is 0 Å². The molecule has 3 aromatic rings. The SMILES string of the molecule is CCCCCCc1ccc2c(F)c(C#Cc3cc(F)c(OCC(F)(F)F)c(F)c3)ccc2c1. The zero-order valence-electron chi connectivity index (χ0n) is 18.0. The number of unbranched alkanes of at least 4 members (excludes halogenated alkanes) is 3. The minimum absolute atomic E-state index is 0.0383. The fraction of sp³-hybridized carbons (Fsp3) is 0.308. The lowest BCUT2D eigenvalue weighted by Crippen LogP contribution is -2.20. The number of fused-ring (bicyclic) bond motifs is 1. The first kappa shape index (κ1) is 24.5. The third-order valence-electron chi connectivity index (χ3n) is 5.06. The molecule has 7 heteroatoms. The van der Waals surface area contributed by atoms with Gasteiger partial charge in [0.25, 0.3) is 0 Å². The molecule has 0 aliphatic heterocycles. The number of rotatable bonds is 7. The van der Waals surface area contributed by atoms with Gasteiger partial charge < -0.3 is 4.74 Å². The molecule has 0 fully saturated rings. The van der Waals surface area contributed by atoms with Crippen molar-refractivity contribution < 1.29 is 31.1 Å². The highest BCUT2D eigenvalue weighted by atomic mass is 19.4. The molecule has 174 valence electrons. The second-order valence-corrected chi connectivity index (χ2v) is 7.72. The largest absolute Gasteiger partial charge is 0.478 e. The molecule has 0 aliphatic rings. The third-order valence-corrected chi connectivity index (χ3v) is 5.06. The molecule has 0 atom stereocenters. The van der Waals surface area contributed by atoms with Gasteiger partial charge in [-0.2, -0.15) is 13.2 Å². The number of hydrogen-bond acceptors (Lipinski definition) is 1. The molecule has 0 saturated heterocycles. The number of halogens is 6. The van der Waals surface area contributed by atoms with Crippen LogP contribution in [0.25, 0.3) is 10.8 Å². The van der Waals surface area contributed by atoms with Gasteiger partial charge in [-0.3, -0.25) is 0 Å². The van der Waals surface area contributed by atoms with Crippen LogP contribution in [0.3, 0.4) is 0 Å². The maximum absolute atomic E-state index is 14.9. The Bertz CT molecular complexity index is 1160. The summed E-state index contributed by atoms with van der Waals surface area (Å²) < 4.78 is 83.7. The van der Waals surface area contributed by atoms with Crippen LogP contribution in [0.15, 0.2) is 42.5 Å². The average Bonchev–Trinajstić information content (AvgIpc) is 2.75. The minimum atomic E-state index is -4.74. The van der Waals surface area contributed by atoms with Crippen molar-refractivity contribution in [1.29, 1.82) is 0 Å². The van der Waals surface area contributed by atoms with E-state index < -0.39 is 36.0 Å². The van der Waals surface area contributed by atoms with Gasteiger partial charge in [0, 0.05) is 10.9 Å². The van der Waals surface area contributed by atoms with Gasteiger partial charge in [0.2, 0.25) is 0 Å². The zero-order valence-corrected chi connectivity index (χ0v) is 18.0. The van der Waals surface area contributed by atoms with E-state index in [9.17, 15) is 26.3 Å². The molecule has 0 unspecified atom stereocenters. The predicted molar refractivity (Wildman–Crippen MR) is 116 cm³/mol. The van der Waals surface area contributed by atoms with Crippen LogP contribution < -0.4 is 4.74 Å². The van der Waals surface area contributed by atoms with E-state index >= 15 is 0 Å². The van der Waals surface area contributed by atoms with E-state index in [1.165, 1.54) is 12.5 Å². The molecule has 0 heterocycles. The van der Waals surface area contributed by atoms with E-state index in [4.69, 9.17) is 0 Å². The van der Waals surface area contributed by atoms with E-state index in [0.29, 0.717) is 5.39 Å². The number of benzene rings is 3. The van der Waals surface area contributed by atoms with Crippen LogP contribution in [-0.2, 0) is 6.42 Å². The van der Waals surface area contributed by atoms with Crippen LogP contribution in [0.1, 0.15) is 49.3 Å². The van der Waals surface area contributed by atoms with E-state index in [-0.39, 0.29) is 11.1 Å². The maximum Gasteiger partial charge on any atom is 0.422 e. The van der Waals surface area contributed by atoms with Crippen LogP contribution in [0.4, 0.5) is 26.3 Å². The first-order valence-electron chi connectivity index (χ1n) is 10.6. The molecule has 33 heavy (non-hydrogen) atoms. The molecular formula is C26H22F6O. The van der Waals surface area contributed by atoms with Crippen LogP contribution in [0.5, 0.6) is 5.75 Å². The number of alkyl halides is 3. The van der Waals surface area contributed by atoms with E-state index in [1.807, 2.05) is 12.1 Å². The topological polar surface area (TPSA) is 9.23 Å². The van der Waals surface area contributed by atoms with Crippen LogP contribution in [-0.4, -0.2) is 12.8 Å². The van der Waals surface area contributed by atoms with Gasteiger partial charge in [-0.15, -0.1) is 0 Å². The van der Waals surface area contributed by atoms with Gasteiger partial charge in [0.1, 0.15) is 5.82 Å². The van der Waals surface area contributed by atoms with Crippen molar-refractivity contribution >= 4 is 10.8 Å². The first-order valence-corrected chi connectivity index (χ1v) is 10.6. The van der Waals surface area contributed by atoms with Crippen molar-refractivity contribution in [3.63, 3.8) is 0 Å². The summed E-state index contributed by atoms with van der Waals surface area (Å²) in [6, 6.07) is 10.2. The molecule has 3 rings (SSSR count). The minimum Gasteiger partial charge on any atom is -0.478 e. The van der Waals surface area contributed by atoms with Crippen molar-refractivity contribution in [2.45, 2.75) is 45.2 Å². The molecule has 0 radical (unpaired) electrons. The highest BCUT2D eigenvalue weighted by molar-refractivity contribution is 5.85. The van der Waals surface area contributed by atoms with Gasteiger partial charge in [-0.1, -0.05) is 62.3 Å². The summed E-state index contributed by atoms with van der Waals surface area (Å²) in [6.07, 6.45) is 0.732. The van der Waals surface area contributed by atoms with Crippen molar-refractivity contribution in [2.75, 3.05) is 6.61 Å². The highest BCUT2D eigenvalue weighted by Crippen LogP contribution is 2.26. The molecule has 3 aromatic carbocycles. The molecule has 1 nitrogen and oxygen atoms in total. The lowest BCUT2D eigenvalue weighted by Gasteiger charge is -2.10. The fourth-order valence-corrected chi connectivity index (χ4v) is 3.41. The second kappa shape index (κ2) is 10.7. The standard InChI is InChI=1S/C26H22F6O/c1-2-3-4-5-6-17-8-12-21-20(13-17)11-10-19(24(21)29)9-7-18-14-22(27)25(23(28)15-18)33-16-26(30,31)32/h8,10-15H,2-6,16H2,1H3. The predicted octanol–water partition coefficient (Wildman–Crippen LogP) is 7.72. The molecule has 0 aliphatic carbocycles. The van der Waals surface area contributed by atoms with E-state index in [0.717, 1.165) is 48.8 Å². The summed E-state index contributed by atoms with van der Waals surface area (Å²) in [4.78, 5) is 0. The molecule has 0 spiro atoms. The highest BCUT2D eigenvalue weighted by Gasteiger charge is 2.29. The van der Waals surface area contributed by atoms with Crippen molar-refractivity contribution in [3.8, 4) is 17.6 Å². The molecule has 0 saturated carbocycles. The van der Waals surface area contributed by atoms with Gasteiger partial charge >= 0.3 is 6.18 Å². The summed E-state index contributed by atoms with van der Waals surface area (Å²) in [5.41, 5.74) is 0.998. The Labute approximate surface area is 188 Å². The third kappa shape index (κ3) is 6.67. The normalized spacial score (nSPS) is 11.4. The second-order valence-electron chi connectivity index (χ2n) is 7.72. The first-order chi connectivity index (χ1) is 15.7. The Morgan fingerprint density at radius 1 is 0.848 bits per heavy atom. The number of aryl methyl sites for hydroxylation is 1. The van der Waals surface area contributed by atoms with Crippen LogP contribution in [0, 0.1) is 29.3 Å². The summed E-state index contributed by atoms with van der Waals surface area (Å²) in [6.45, 7) is 0.322. The summed E-state index contributed by atoms with van der Waals surface area (Å²) in [5.74, 6) is 0.646. The lowest BCUT2D eigenvalue weighted by atomic mass is 10.00. The number of ether oxygens (including phenoxy) is 1. The Morgan fingerprint density at radius 2 is 1.58 bits per heavy atom. The monoisotopic (exact) mass is 464 g/mol. The van der Waals surface area contributed by atoms with E-state index in [2.05, 4.69) is 23.5 Å². The molecule has 0 N–H and O–H groups in total. The van der Waals surface area contributed by atoms with Gasteiger partial charge in [0.15, 0.2) is 24.0 Å². The van der Waals surface area contributed by atoms with Crippen molar-refractivity contribution in [1.82, 2.24) is 0 Å². The Kier molecular flexibility index (Phi) is 7.91. The lowest BCUT2D eigenvalue weighted by molar-refractivity contribution is -0.154. The fourth-order valence-electron chi connectivity index (χ4n) is 3.41. The number of hydrogen-bond donors (Lipinski definition) is 0. The quantitative estimate of drug-likeness (QED) is 0.198. The smallest absolute Gasteiger partial charge is 0.422 e. The molecule has 0 amide bonds. The maximum atomic E-state index is 14.9. The Morgan fingerprint density at radius 3 is 2.24 bits per heavy atom. The van der Waals surface area contributed by atoms with E-state index in [1.54, 1.807) is 12.1 Å². The summed E-state index contributed by atoms with van der Waals surface area (Å²) in [5, 5.41) is 1.11. The van der Waals surface area contributed by atoms with Gasteiger partial charge in [0.05, 0.1) is 5.56 Å². The van der Waals surface area contributed by atoms with Crippen molar-refractivity contribution in [3.05, 3.63) is 76.6 Å². The zero-order chi connectivity index (χ0) is 24.0. The van der Waals surface area contributed by atoms with Gasteiger partial charge in [-0.05, 0) is 42.0 Å². The summed E-state index contributed by atoms with van der Waals surface area (Å²) in [7, 11) is 0. The Hall–Kier alpha value is -3.14. The van der Waals surface area contributed by atoms with Gasteiger partial charge in [-0.25, -0.2) is 13.2 Å². The Balaban J connectivity index is 1.80. The average molecular weight is 464 g/mol. The molecular weight excluding hydrogens is 442 g/mol. The van der Waals surface area contributed by atoms with Crippen molar-refractivity contribution in [2.24, 2.45) is 0 Å². The van der Waals surface area contributed by atoms with Crippen LogP contribution >= 0.6 is 0 Å².